The first-order chi connectivity index (χ1) is 11.7. The molecule has 1 saturated heterocycles. The van der Waals surface area contributed by atoms with Gasteiger partial charge in [-0.3, -0.25) is 4.99 Å². The summed E-state index contributed by atoms with van der Waals surface area (Å²) in [6.45, 7) is 6.91. The zero-order valence-corrected chi connectivity index (χ0v) is 15.3. The van der Waals surface area contributed by atoms with E-state index in [1.165, 1.54) is 5.69 Å². The van der Waals surface area contributed by atoms with Gasteiger partial charge in [-0.15, -0.1) is 0 Å². The highest BCUT2D eigenvalue weighted by atomic mass is 16.5. The maximum Gasteiger partial charge on any atom is 0.194 e. The van der Waals surface area contributed by atoms with Crippen LogP contribution in [0.4, 0.5) is 0 Å². The first-order valence-corrected chi connectivity index (χ1v) is 8.99. The van der Waals surface area contributed by atoms with Gasteiger partial charge >= 0.3 is 0 Å². The van der Waals surface area contributed by atoms with Gasteiger partial charge in [-0.1, -0.05) is 0 Å². The van der Waals surface area contributed by atoms with E-state index < -0.39 is 0 Å². The quantitative estimate of drug-likeness (QED) is 0.426. The van der Waals surface area contributed by atoms with Crippen LogP contribution in [-0.2, 0) is 23.1 Å². The van der Waals surface area contributed by atoms with Crippen LogP contribution in [0.25, 0.3) is 0 Å². The van der Waals surface area contributed by atoms with Crippen LogP contribution in [0.3, 0.4) is 0 Å². The topological polar surface area (TPSA) is 51.0 Å². The Labute approximate surface area is 145 Å². The highest BCUT2D eigenvalue weighted by Gasteiger charge is 2.15. The molecule has 1 atom stereocenters. The lowest BCUT2D eigenvalue weighted by atomic mass is 10.2. The molecule has 0 aliphatic carbocycles. The molecular weight excluding hydrogens is 304 g/mol. The zero-order chi connectivity index (χ0) is 17.2. The fourth-order valence-electron chi connectivity index (χ4n) is 2.79. The van der Waals surface area contributed by atoms with Gasteiger partial charge in [-0.2, -0.15) is 0 Å². The number of guanidine groups is 1. The van der Waals surface area contributed by atoms with Crippen LogP contribution in [-0.4, -0.2) is 61.5 Å². The van der Waals surface area contributed by atoms with Crippen LogP contribution in [0.15, 0.2) is 23.3 Å². The minimum Gasteiger partial charge on any atom is -0.379 e. The van der Waals surface area contributed by atoms with Crippen molar-refractivity contribution in [1.82, 2.24) is 14.8 Å². The van der Waals surface area contributed by atoms with Gasteiger partial charge in [0.15, 0.2) is 5.96 Å². The van der Waals surface area contributed by atoms with Gasteiger partial charge < -0.3 is 24.3 Å². The summed E-state index contributed by atoms with van der Waals surface area (Å²) in [5.41, 5.74) is 1.27. The number of ether oxygens (including phenoxy) is 2. The second-order valence-electron chi connectivity index (χ2n) is 6.27. The lowest BCUT2D eigenvalue weighted by Crippen LogP contribution is -2.39. The normalized spacial score (nSPS) is 18.1. The highest BCUT2D eigenvalue weighted by Crippen LogP contribution is 2.11. The molecule has 1 aromatic rings. The Balaban J connectivity index is 1.70. The average molecular weight is 336 g/mol. The van der Waals surface area contributed by atoms with Crippen LogP contribution >= 0.6 is 0 Å². The van der Waals surface area contributed by atoms with E-state index in [-0.39, 0.29) is 0 Å². The smallest absolute Gasteiger partial charge is 0.194 e. The second kappa shape index (κ2) is 10.4. The number of hydrogen-bond donors (Lipinski definition) is 1. The maximum atomic E-state index is 5.69. The molecule has 6 nitrogen and oxygen atoms in total. The van der Waals surface area contributed by atoms with Crippen LogP contribution in [0.2, 0.25) is 0 Å². The van der Waals surface area contributed by atoms with Gasteiger partial charge in [0.05, 0.1) is 19.3 Å². The largest absolute Gasteiger partial charge is 0.379 e. The minimum absolute atomic E-state index is 0.308. The van der Waals surface area contributed by atoms with Crippen molar-refractivity contribution in [2.75, 3.05) is 40.0 Å². The van der Waals surface area contributed by atoms with Gasteiger partial charge in [-0.05, 0) is 38.3 Å². The van der Waals surface area contributed by atoms with E-state index in [2.05, 4.69) is 54.1 Å². The van der Waals surface area contributed by atoms with Crippen molar-refractivity contribution in [3.8, 4) is 0 Å². The monoisotopic (exact) mass is 336 g/mol. The second-order valence-corrected chi connectivity index (χ2v) is 6.27. The summed E-state index contributed by atoms with van der Waals surface area (Å²) in [7, 11) is 4.14. The van der Waals surface area contributed by atoms with E-state index in [9.17, 15) is 0 Å². The predicted octanol–water partition coefficient (Wildman–Crippen LogP) is 2.01. The molecule has 0 amide bonds. The van der Waals surface area contributed by atoms with Crippen molar-refractivity contribution in [1.29, 1.82) is 0 Å². The molecule has 0 bridgehead atoms. The molecule has 0 spiro atoms. The fourth-order valence-corrected chi connectivity index (χ4v) is 2.79. The van der Waals surface area contributed by atoms with E-state index in [4.69, 9.17) is 14.5 Å². The van der Waals surface area contributed by atoms with Crippen LogP contribution in [0, 0.1) is 0 Å². The van der Waals surface area contributed by atoms with Crippen molar-refractivity contribution in [2.24, 2.45) is 12.0 Å². The molecule has 136 valence electrons. The Morgan fingerprint density at radius 1 is 1.54 bits per heavy atom. The summed E-state index contributed by atoms with van der Waals surface area (Å²) in [5.74, 6) is 0.942. The number of nitrogens with zero attached hydrogens (tertiary/aromatic N) is 3. The molecule has 1 fully saturated rings. The van der Waals surface area contributed by atoms with Gasteiger partial charge in [0.2, 0.25) is 0 Å². The van der Waals surface area contributed by atoms with E-state index in [1.807, 2.05) is 0 Å². The van der Waals surface area contributed by atoms with Gasteiger partial charge in [-0.25, -0.2) is 0 Å². The first kappa shape index (κ1) is 18.8. The summed E-state index contributed by atoms with van der Waals surface area (Å²) in [5, 5.41) is 3.36. The zero-order valence-electron chi connectivity index (χ0n) is 15.3. The Hall–Kier alpha value is -1.53. The number of rotatable bonds is 9. The molecule has 1 aliphatic rings. The van der Waals surface area contributed by atoms with E-state index in [0.29, 0.717) is 6.10 Å². The van der Waals surface area contributed by atoms with Gasteiger partial charge in [0.25, 0.3) is 0 Å². The standard InChI is InChI=1S/C18H32N4O2/c1-4-19-18(22(3)14-16-8-5-11-21(16)2)20-10-7-12-23-15-17-9-6-13-24-17/h5,8,11,17H,4,6-7,9-10,12-15H2,1-3H3,(H,19,20). The van der Waals surface area contributed by atoms with Crippen LogP contribution in [0.5, 0.6) is 0 Å². The molecule has 0 radical (unpaired) electrons. The molecule has 0 aromatic carbocycles. The number of aryl methyl sites for hydroxylation is 1. The van der Waals surface area contributed by atoms with Crippen LogP contribution in [0.1, 0.15) is 31.9 Å². The Morgan fingerprint density at radius 2 is 2.42 bits per heavy atom. The maximum absolute atomic E-state index is 5.69. The lowest BCUT2D eigenvalue weighted by Gasteiger charge is -2.22. The molecule has 6 heteroatoms. The van der Waals surface area contributed by atoms with Crippen molar-refractivity contribution in [2.45, 2.75) is 38.8 Å². The van der Waals surface area contributed by atoms with Crippen LogP contribution < -0.4 is 5.32 Å². The summed E-state index contributed by atoms with van der Waals surface area (Å²) >= 11 is 0. The Morgan fingerprint density at radius 3 is 3.08 bits per heavy atom. The summed E-state index contributed by atoms with van der Waals surface area (Å²) in [6, 6.07) is 4.21. The number of aliphatic imine (C=N–C) groups is 1. The molecule has 1 aromatic heterocycles. The third-order valence-corrected chi connectivity index (χ3v) is 4.18. The van der Waals surface area contributed by atoms with Gasteiger partial charge in [0, 0.05) is 52.3 Å². The molecule has 1 unspecified atom stereocenters. The van der Waals surface area contributed by atoms with Crippen molar-refractivity contribution in [3.05, 3.63) is 24.0 Å². The molecule has 2 heterocycles. The Kier molecular flexibility index (Phi) is 8.12. The molecule has 24 heavy (non-hydrogen) atoms. The fraction of sp³-hybridized carbons (Fsp3) is 0.722. The number of aromatic nitrogens is 1. The Bertz CT molecular complexity index is 495. The first-order valence-electron chi connectivity index (χ1n) is 8.99. The minimum atomic E-state index is 0.308. The molecule has 1 N–H and O–H groups in total. The number of hydrogen-bond acceptors (Lipinski definition) is 3. The van der Waals surface area contributed by atoms with Crippen molar-refractivity contribution < 1.29 is 9.47 Å². The van der Waals surface area contributed by atoms with E-state index in [1.54, 1.807) is 0 Å². The van der Waals surface area contributed by atoms with Crippen molar-refractivity contribution in [3.63, 3.8) is 0 Å². The lowest BCUT2D eigenvalue weighted by molar-refractivity contribution is 0.0170. The highest BCUT2D eigenvalue weighted by molar-refractivity contribution is 5.79. The molecular formula is C18H32N4O2. The summed E-state index contributed by atoms with van der Waals surface area (Å²) < 4.78 is 13.4. The SMILES string of the molecule is CCNC(=NCCCOCC1CCCO1)N(C)Cc1cccn1C. The third-order valence-electron chi connectivity index (χ3n) is 4.18. The van der Waals surface area contributed by atoms with Crippen molar-refractivity contribution >= 4 is 5.96 Å². The predicted molar refractivity (Wildman–Crippen MR) is 97.3 cm³/mol. The average Bonchev–Trinajstić information content (AvgIpc) is 3.22. The number of nitrogens with one attached hydrogen (secondary N) is 1. The third kappa shape index (κ3) is 6.17. The molecule has 2 rings (SSSR count). The molecule has 1 aliphatic heterocycles. The van der Waals surface area contributed by atoms with E-state index >= 15 is 0 Å². The molecule has 0 saturated carbocycles. The van der Waals surface area contributed by atoms with E-state index in [0.717, 1.165) is 64.7 Å². The summed E-state index contributed by atoms with van der Waals surface area (Å²) in [6.07, 6.45) is 5.60. The summed E-state index contributed by atoms with van der Waals surface area (Å²) in [4.78, 5) is 6.86. The van der Waals surface area contributed by atoms with Gasteiger partial charge in [0.1, 0.15) is 0 Å².